The summed E-state index contributed by atoms with van der Waals surface area (Å²) < 4.78 is 5.64. The highest BCUT2D eigenvalue weighted by molar-refractivity contribution is 6.21. The Kier molecular flexibility index (Phi) is 3.25. The minimum absolute atomic E-state index is 0.111. The van der Waals surface area contributed by atoms with Crippen molar-refractivity contribution in [3.05, 3.63) is 81.6 Å². The number of nitrogens with zero attached hydrogens (tertiary/aromatic N) is 1. The number of rotatable bonds is 2. The summed E-state index contributed by atoms with van der Waals surface area (Å²) in [5.74, 6) is -0.141. The number of ether oxygens (including phenoxy) is 1. The number of benzene rings is 3. The lowest BCUT2D eigenvalue weighted by Gasteiger charge is -2.01. The largest absolute Gasteiger partial charge is 0.502 e. The molecule has 6 nitrogen and oxygen atoms in total. The van der Waals surface area contributed by atoms with E-state index in [9.17, 15) is 20.0 Å². The first-order valence-corrected chi connectivity index (χ1v) is 7.48. The number of nitro benzene ring substituents is 1. The molecule has 3 aromatic rings. The van der Waals surface area contributed by atoms with E-state index in [1.165, 1.54) is 24.3 Å². The third kappa shape index (κ3) is 2.40. The molecule has 3 aromatic carbocycles. The van der Waals surface area contributed by atoms with Gasteiger partial charge < -0.3 is 9.84 Å². The number of Topliss-reactive ketones (excluding diaryl/α,β-unsaturated/α-hetero) is 1. The number of aromatic hydroxyl groups is 1. The molecule has 122 valence electrons. The molecule has 1 heterocycles. The standard InChI is InChI=1S/C19H11NO5/c21-15-9-11(5-7-14(15)20(23)24)10-17-19(22)18-13-4-2-1-3-12(13)6-8-16(18)25-17/h1-10,21H. The quantitative estimate of drug-likeness (QED) is 0.434. The van der Waals surface area contributed by atoms with Gasteiger partial charge in [0.1, 0.15) is 5.75 Å². The molecule has 1 aliphatic heterocycles. The number of carbonyl (C=O) groups is 1. The second-order valence-electron chi connectivity index (χ2n) is 5.60. The predicted octanol–water partition coefficient (Wildman–Crippen LogP) is 4.07. The van der Waals surface area contributed by atoms with Gasteiger partial charge in [0.25, 0.3) is 0 Å². The average molecular weight is 333 g/mol. The van der Waals surface area contributed by atoms with E-state index in [1.54, 1.807) is 6.07 Å². The minimum Gasteiger partial charge on any atom is -0.502 e. The molecule has 0 atom stereocenters. The van der Waals surface area contributed by atoms with Crippen LogP contribution < -0.4 is 4.74 Å². The van der Waals surface area contributed by atoms with Crippen LogP contribution in [0.5, 0.6) is 11.5 Å². The Labute approximate surface area is 141 Å². The SMILES string of the molecule is O=C1C(=Cc2ccc([N+](=O)[O-])c(O)c2)Oc2ccc3ccccc3c21. The van der Waals surface area contributed by atoms with Gasteiger partial charge in [-0.25, -0.2) is 0 Å². The fourth-order valence-electron chi connectivity index (χ4n) is 2.89. The summed E-state index contributed by atoms with van der Waals surface area (Å²) in [5, 5.41) is 22.2. The van der Waals surface area contributed by atoms with E-state index in [-0.39, 0.29) is 11.5 Å². The first kappa shape index (κ1) is 14.9. The fraction of sp³-hybridized carbons (Fsp3) is 0. The molecular formula is C19H11NO5. The summed E-state index contributed by atoms with van der Waals surface area (Å²) in [4.78, 5) is 22.8. The number of hydrogen-bond donors (Lipinski definition) is 1. The van der Waals surface area contributed by atoms with Gasteiger partial charge in [0.2, 0.25) is 5.78 Å². The van der Waals surface area contributed by atoms with E-state index in [0.717, 1.165) is 10.8 Å². The van der Waals surface area contributed by atoms with Crippen LogP contribution in [0.3, 0.4) is 0 Å². The number of allylic oxidation sites excluding steroid dienone is 1. The monoisotopic (exact) mass is 333 g/mol. The maximum absolute atomic E-state index is 12.7. The topological polar surface area (TPSA) is 89.7 Å². The Hall–Kier alpha value is -3.67. The molecule has 0 fully saturated rings. The molecule has 0 radical (unpaired) electrons. The Bertz CT molecular complexity index is 1080. The van der Waals surface area contributed by atoms with Crippen LogP contribution in [-0.2, 0) is 0 Å². The van der Waals surface area contributed by atoms with Crippen molar-refractivity contribution < 1.29 is 19.6 Å². The number of phenolic OH excluding ortho intramolecular Hbond substituents is 1. The molecule has 0 unspecified atom stereocenters. The summed E-state index contributed by atoms with van der Waals surface area (Å²) in [7, 11) is 0. The van der Waals surface area contributed by atoms with Gasteiger partial charge in [-0.3, -0.25) is 14.9 Å². The highest BCUT2D eigenvalue weighted by atomic mass is 16.6. The number of fused-ring (bicyclic) bond motifs is 3. The predicted molar refractivity (Wildman–Crippen MR) is 91.6 cm³/mol. The van der Waals surface area contributed by atoms with Gasteiger partial charge in [0.05, 0.1) is 10.5 Å². The van der Waals surface area contributed by atoms with Gasteiger partial charge in [-0.1, -0.05) is 30.3 Å². The van der Waals surface area contributed by atoms with Crippen molar-refractivity contribution in [2.24, 2.45) is 0 Å². The Morgan fingerprint density at radius 3 is 2.64 bits per heavy atom. The van der Waals surface area contributed by atoms with Gasteiger partial charge >= 0.3 is 5.69 Å². The summed E-state index contributed by atoms with van der Waals surface area (Å²) in [6.07, 6.45) is 1.46. The van der Waals surface area contributed by atoms with Crippen molar-refractivity contribution in [3.63, 3.8) is 0 Å². The molecule has 1 aliphatic rings. The van der Waals surface area contributed by atoms with Crippen LogP contribution in [0, 0.1) is 10.1 Å². The second kappa shape index (κ2) is 5.45. The number of phenols is 1. The molecule has 6 heteroatoms. The van der Waals surface area contributed by atoms with Crippen molar-refractivity contribution in [1.82, 2.24) is 0 Å². The molecule has 0 spiro atoms. The molecule has 1 N–H and O–H groups in total. The molecular weight excluding hydrogens is 322 g/mol. The minimum atomic E-state index is -0.675. The van der Waals surface area contributed by atoms with Crippen LogP contribution >= 0.6 is 0 Å². The molecule has 0 amide bonds. The van der Waals surface area contributed by atoms with Gasteiger partial charge in [-0.05, 0) is 40.6 Å². The highest BCUT2D eigenvalue weighted by Gasteiger charge is 2.29. The van der Waals surface area contributed by atoms with Crippen LogP contribution in [-0.4, -0.2) is 15.8 Å². The average Bonchev–Trinajstić information content (AvgIpc) is 2.91. The normalized spacial score (nSPS) is 14.6. The van der Waals surface area contributed by atoms with Crippen LogP contribution in [0.15, 0.2) is 60.4 Å². The summed E-state index contributed by atoms with van der Waals surface area (Å²) in [6.45, 7) is 0. The highest BCUT2D eigenvalue weighted by Crippen LogP contribution is 2.37. The van der Waals surface area contributed by atoms with Gasteiger partial charge in [0, 0.05) is 6.07 Å². The van der Waals surface area contributed by atoms with Crippen molar-refractivity contribution in [1.29, 1.82) is 0 Å². The third-order valence-electron chi connectivity index (χ3n) is 4.06. The third-order valence-corrected chi connectivity index (χ3v) is 4.06. The Morgan fingerprint density at radius 2 is 1.88 bits per heavy atom. The zero-order valence-electron chi connectivity index (χ0n) is 12.8. The van der Waals surface area contributed by atoms with Crippen molar-refractivity contribution in [2.75, 3.05) is 0 Å². The van der Waals surface area contributed by atoms with Crippen LogP contribution in [0.2, 0.25) is 0 Å². The molecule has 25 heavy (non-hydrogen) atoms. The first-order chi connectivity index (χ1) is 12.0. The van der Waals surface area contributed by atoms with Gasteiger partial charge in [0.15, 0.2) is 11.5 Å². The summed E-state index contributed by atoms with van der Waals surface area (Å²) in [6, 6.07) is 15.0. The van der Waals surface area contributed by atoms with Crippen molar-refractivity contribution in [2.45, 2.75) is 0 Å². The molecule has 4 rings (SSSR count). The van der Waals surface area contributed by atoms with E-state index in [2.05, 4.69) is 0 Å². The lowest BCUT2D eigenvalue weighted by atomic mass is 10.0. The van der Waals surface area contributed by atoms with Gasteiger partial charge in [-0.15, -0.1) is 0 Å². The lowest BCUT2D eigenvalue weighted by Crippen LogP contribution is -1.98. The van der Waals surface area contributed by atoms with Crippen LogP contribution in [0.25, 0.3) is 16.8 Å². The molecule has 0 aliphatic carbocycles. The van der Waals surface area contributed by atoms with E-state index < -0.39 is 16.4 Å². The maximum atomic E-state index is 12.7. The zero-order valence-corrected chi connectivity index (χ0v) is 12.8. The second-order valence-corrected chi connectivity index (χ2v) is 5.60. The number of carbonyl (C=O) groups excluding carboxylic acids is 1. The number of ketones is 1. The van der Waals surface area contributed by atoms with Gasteiger partial charge in [-0.2, -0.15) is 0 Å². The van der Waals surface area contributed by atoms with Crippen LogP contribution in [0.4, 0.5) is 5.69 Å². The molecule has 0 bridgehead atoms. The first-order valence-electron chi connectivity index (χ1n) is 7.48. The molecule has 0 saturated carbocycles. The zero-order chi connectivity index (χ0) is 17.6. The maximum Gasteiger partial charge on any atom is 0.310 e. The van der Waals surface area contributed by atoms with Crippen molar-refractivity contribution >= 4 is 28.3 Å². The van der Waals surface area contributed by atoms with E-state index in [1.807, 2.05) is 30.3 Å². The number of nitro groups is 1. The summed E-state index contributed by atoms with van der Waals surface area (Å²) in [5.41, 5.74) is 0.536. The van der Waals surface area contributed by atoms with E-state index >= 15 is 0 Å². The van der Waals surface area contributed by atoms with E-state index in [4.69, 9.17) is 4.74 Å². The fourth-order valence-corrected chi connectivity index (χ4v) is 2.89. The summed E-state index contributed by atoms with van der Waals surface area (Å²) >= 11 is 0. The number of hydrogen-bond acceptors (Lipinski definition) is 5. The van der Waals surface area contributed by atoms with Crippen LogP contribution in [0.1, 0.15) is 15.9 Å². The smallest absolute Gasteiger partial charge is 0.310 e. The lowest BCUT2D eigenvalue weighted by molar-refractivity contribution is -0.385. The van der Waals surface area contributed by atoms with Crippen molar-refractivity contribution in [3.8, 4) is 11.5 Å². The Balaban J connectivity index is 1.77. The van der Waals surface area contributed by atoms with E-state index in [0.29, 0.717) is 16.9 Å². The molecule has 0 saturated heterocycles. The molecule has 0 aromatic heterocycles. The Morgan fingerprint density at radius 1 is 1.08 bits per heavy atom.